The second-order valence-corrected chi connectivity index (χ2v) is 6.05. The Labute approximate surface area is 166 Å². The molecule has 3 heterocycles. The van der Waals surface area contributed by atoms with Crippen molar-refractivity contribution in [1.82, 2.24) is 9.97 Å². The van der Waals surface area contributed by atoms with Crippen LogP contribution in [-0.2, 0) is 0 Å². The minimum Gasteiger partial charge on any atom is -0.259 e. The second-order valence-electron chi connectivity index (χ2n) is 6.05. The lowest BCUT2D eigenvalue weighted by Crippen LogP contribution is -2.56. The number of hydrogen-bond donors (Lipinski definition) is 0. The zero-order chi connectivity index (χ0) is 21.4. The molecule has 0 fully saturated rings. The molecule has 0 saturated carbocycles. The number of aromatic nitrogens is 2. The molecule has 136 valence electrons. The van der Waals surface area contributed by atoms with E-state index < -0.39 is 24.2 Å². The van der Waals surface area contributed by atoms with Crippen molar-refractivity contribution in [3.05, 3.63) is 32.8 Å². The SMILES string of the molecule is N#Cc1nc2c3c(c4c(c2nc1C#N)=NC(C#N)C(C#N)N=4)=NC(C#N)C(C#N)N=3. The Kier molecular flexibility index (Phi) is 4.04. The van der Waals surface area contributed by atoms with E-state index in [1.165, 1.54) is 0 Å². The summed E-state index contributed by atoms with van der Waals surface area (Å²) in [6.07, 6.45) is 0. The smallest absolute Gasteiger partial charge is 0.177 e. The van der Waals surface area contributed by atoms with E-state index in [1.54, 1.807) is 12.1 Å². The fourth-order valence-corrected chi connectivity index (χ4v) is 3.10. The van der Waals surface area contributed by atoms with Crippen LogP contribution in [0.4, 0.5) is 0 Å². The fourth-order valence-electron chi connectivity index (χ4n) is 3.10. The molecule has 1 aromatic heterocycles. The Morgan fingerprint density at radius 3 is 1.03 bits per heavy atom. The summed E-state index contributed by atoms with van der Waals surface area (Å²) in [5, 5.41) is 56.3. The van der Waals surface area contributed by atoms with Crippen LogP contribution in [0.2, 0.25) is 0 Å². The first-order valence-corrected chi connectivity index (χ1v) is 8.23. The number of nitrogens with zero attached hydrogens (tertiary/aromatic N) is 12. The van der Waals surface area contributed by atoms with Gasteiger partial charge in [-0.25, -0.2) is 9.97 Å². The summed E-state index contributed by atoms with van der Waals surface area (Å²) in [4.78, 5) is 25.3. The zero-order valence-electron chi connectivity index (χ0n) is 14.7. The summed E-state index contributed by atoms with van der Waals surface area (Å²) in [5.41, 5.74) is -0.466. The van der Waals surface area contributed by atoms with Crippen LogP contribution in [0.3, 0.4) is 0 Å². The molecule has 4 unspecified atom stereocenters. The summed E-state index contributed by atoms with van der Waals surface area (Å²) in [5.74, 6) is 0. The van der Waals surface area contributed by atoms with Crippen LogP contribution in [0.15, 0.2) is 20.0 Å². The van der Waals surface area contributed by atoms with Crippen LogP contribution in [0.1, 0.15) is 11.4 Å². The van der Waals surface area contributed by atoms with Crippen LogP contribution in [0.25, 0.3) is 11.0 Å². The van der Waals surface area contributed by atoms with Gasteiger partial charge in [-0.2, -0.15) is 31.6 Å². The van der Waals surface area contributed by atoms with Gasteiger partial charge in [0.25, 0.3) is 0 Å². The molecule has 0 bridgehead atoms. The number of nitriles is 6. The van der Waals surface area contributed by atoms with E-state index in [-0.39, 0.29) is 43.9 Å². The molecule has 12 heteroatoms. The standard InChI is InChI=1S/C18H4N12/c19-1-7-8(2-20)26-14-13(25-7)15-17(29-10(4-22)9(3-21)27-15)18-16(14)28-11(5-23)12(6-24)30-18/h7-10H. The van der Waals surface area contributed by atoms with Gasteiger partial charge in [-0.3, -0.25) is 20.0 Å². The molecule has 30 heavy (non-hydrogen) atoms. The van der Waals surface area contributed by atoms with Gasteiger partial charge < -0.3 is 0 Å². The topological polar surface area (TPSA) is 218 Å². The first-order valence-electron chi connectivity index (χ1n) is 8.23. The predicted octanol–water partition coefficient (Wildman–Crippen LogP) is -2.55. The van der Waals surface area contributed by atoms with Gasteiger partial charge in [0.2, 0.25) is 0 Å². The first-order chi connectivity index (χ1) is 14.6. The van der Waals surface area contributed by atoms with Crippen molar-refractivity contribution < 1.29 is 0 Å². The zero-order valence-corrected chi connectivity index (χ0v) is 14.7. The molecule has 0 N–H and O–H groups in total. The van der Waals surface area contributed by atoms with Crippen molar-refractivity contribution in [2.75, 3.05) is 0 Å². The van der Waals surface area contributed by atoms with E-state index in [0.717, 1.165) is 0 Å². The number of rotatable bonds is 0. The van der Waals surface area contributed by atoms with Crippen molar-refractivity contribution in [3.8, 4) is 36.4 Å². The molecular formula is C18H4N12. The highest BCUT2D eigenvalue weighted by atomic mass is 15.0. The average molecular weight is 388 g/mol. The molecular weight excluding hydrogens is 384 g/mol. The highest BCUT2D eigenvalue weighted by Crippen LogP contribution is 2.10. The largest absolute Gasteiger partial charge is 0.259 e. The van der Waals surface area contributed by atoms with Gasteiger partial charge in [0.05, 0.1) is 24.3 Å². The molecule has 0 saturated heterocycles. The van der Waals surface area contributed by atoms with Crippen LogP contribution in [0, 0.1) is 68.0 Å². The predicted molar refractivity (Wildman–Crippen MR) is 91.2 cm³/mol. The van der Waals surface area contributed by atoms with Crippen molar-refractivity contribution in [2.24, 2.45) is 20.0 Å². The third kappa shape index (κ3) is 2.40. The normalized spacial score (nSPS) is 22.9. The third-order valence-corrected chi connectivity index (χ3v) is 4.43. The number of hydrogen-bond acceptors (Lipinski definition) is 12. The molecule has 1 aromatic carbocycles. The molecule has 12 nitrogen and oxygen atoms in total. The number of fused-ring (bicyclic) bond motifs is 6. The Hall–Kier alpha value is -5.30. The number of benzene rings is 1. The lowest BCUT2D eigenvalue weighted by atomic mass is 10.1. The molecule has 2 aromatic rings. The van der Waals surface area contributed by atoms with Crippen molar-refractivity contribution in [2.45, 2.75) is 24.2 Å². The highest BCUT2D eigenvalue weighted by molar-refractivity contribution is 5.75. The third-order valence-electron chi connectivity index (χ3n) is 4.43. The molecule has 0 aliphatic carbocycles. The van der Waals surface area contributed by atoms with Crippen molar-refractivity contribution >= 4 is 11.0 Å². The molecule has 2 aliphatic heterocycles. The van der Waals surface area contributed by atoms with Gasteiger partial charge in [-0.05, 0) is 0 Å². The van der Waals surface area contributed by atoms with Gasteiger partial charge in [-0.1, -0.05) is 0 Å². The van der Waals surface area contributed by atoms with E-state index in [0.29, 0.717) is 0 Å². The van der Waals surface area contributed by atoms with E-state index in [1.807, 2.05) is 24.3 Å². The van der Waals surface area contributed by atoms with Gasteiger partial charge in [0.1, 0.15) is 44.6 Å². The Morgan fingerprint density at radius 1 is 0.467 bits per heavy atom. The van der Waals surface area contributed by atoms with Gasteiger partial charge in [0.15, 0.2) is 35.6 Å². The lowest BCUT2D eigenvalue weighted by Gasteiger charge is -2.16. The molecule has 0 radical (unpaired) electrons. The summed E-state index contributed by atoms with van der Waals surface area (Å²) in [7, 11) is 0. The minimum absolute atomic E-state index is 0.0331. The second kappa shape index (κ2) is 6.70. The fraction of sp³-hybridized carbons (Fsp3) is 0.222. The molecule has 4 atom stereocenters. The molecule has 4 rings (SSSR count). The summed E-state index contributed by atoms with van der Waals surface area (Å²) in [6, 6.07) is 6.54. The summed E-state index contributed by atoms with van der Waals surface area (Å²) >= 11 is 0. The Morgan fingerprint density at radius 2 is 0.767 bits per heavy atom. The van der Waals surface area contributed by atoms with Crippen molar-refractivity contribution in [1.29, 1.82) is 31.6 Å². The van der Waals surface area contributed by atoms with Gasteiger partial charge in [0, 0.05) is 0 Å². The molecule has 2 aliphatic rings. The van der Waals surface area contributed by atoms with E-state index in [2.05, 4.69) is 29.9 Å². The average Bonchev–Trinajstić information content (AvgIpc) is 2.81. The maximum absolute atomic E-state index is 9.35. The van der Waals surface area contributed by atoms with E-state index in [4.69, 9.17) is 0 Å². The van der Waals surface area contributed by atoms with E-state index in [9.17, 15) is 31.6 Å². The van der Waals surface area contributed by atoms with E-state index >= 15 is 0 Å². The van der Waals surface area contributed by atoms with Crippen LogP contribution in [-0.4, -0.2) is 34.1 Å². The summed E-state index contributed by atoms with van der Waals surface area (Å²) in [6.45, 7) is 0. The van der Waals surface area contributed by atoms with Gasteiger partial charge in [-0.15, -0.1) is 0 Å². The monoisotopic (exact) mass is 388 g/mol. The van der Waals surface area contributed by atoms with Crippen LogP contribution < -0.4 is 21.4 Å². The first kappa shape index (κ1) is 18.1. The van der Waals surface area contributed by atoms with Crippen LogP contribution in [0.5, 0.6) is 0 Å². The van der Waals surface area contributed by atoms with Crippen LogP contribution >= 0.6 is 0 Å². The lowest BCUT2D eigenvalue weighted by molar-refractivity contribution is 0.642. The minimum atomic E-state index is -1.13. The quantitative estimate of drug-likeness (QED) is 0.466. The maximum atomic E-state index is 9.35. The van der Waals surface area contributed by atoms with Gasteiger partial charge >= 0.3 is 0 Å². The Balaban J connectivity index is 2.36. The Bertz CT molecular complexity index is 1520. The highest BCUT2D eigenvalue weighted by Gasteiger charge is 2.29. The maximum Gasteiger partial charge on any atom is 0.177 e. The molecule has 0 spiro atoms. The molecule has 0 amide bonds. The van der Waals surface area contributed by atoms with Crippen molar-refractivity contribution in [3.63, 3.8) is 0 Å². The summed E-state index contributed by atoms with van der Waals surface area (Å²) < 4.78 is 0.